The average molecular weight is 918 g/mol. The zero-order valence-corrected chi connectivity index (χ0v) is 37.3. The van der Waals surface area contributed by atoms with Gasteiger partial charge in [0.2, 0.25) is 6.20 Å². The molecule has 0 saturated carbocycles. The molecule has 336 valence electrons. The summed E-state index contributed by atoms with van der Waals surface area (Å²) in [6.45, 7) is 13.1. The molecule has 2 atom stereocenters. The number of hydrogen-bond donors (Lipinski definition) is 6. The Labute approximate surface area is 355 Å². The van der Waals surface area contributed by atoms with Crippen LogP contribution in [0.25, 0.3) is 11.1 Å². The van der Waals surface area contributed by atoms with E-state index in [2.05, 4.69) is 30.4 Å². The van der Waals surface area contributed by atoms with Crippen molar-refractivity contribution < 1.29 is 74.5 Å². The number of rotatable bonds is 17. The van der Waals surface area contributed by atoms with Gasteiger partial charge < -0.3 is 39.5 Å². The number of carbonyl (C=O) groups is 4. The summed E-state index contributed by atoms with van der Waals surface area (Å²) in [4.78, 5) is 80.3. The minimum absolute atomic E-state index is 0.0752. The minimum atomic E-state index is -5.16. The Morgan fingerprint density at radius 2 is 1.67 bits per heavy atom. The first-order chi connectivity index (χ1) is 28.0. The molecule has 61 heavy (non-hydrogen) atoms. The van der Waals surface area contributed by atoms with Crippen LogP contribution in [0.3, 0.4) is 0 Å². The number of anilines is 1. The molecular weight excluding hydrogens is 868 g/mol. The number of hydroxylamine groups is 2. The molecule has 2 aromatic heterocycles. The molecule has 1 aliphatic rings. The van der Waals surface area contributed by atoms with Gasteiger partial charge in [-0.15, -0.1) is 20.3 Å². The molecule has 3 aromatic rings. The number of nitrogens with zero attached hydrogens (tertiary/aromatic N) is 5. The van der Waals surface area contributed by atoms with Crippen molar-refractivity contribution in [1.82, 2.24) is 25.4 Å². The fourth-order valence-corrected chi connectivity index (χ4v) is 6.92. The maximum absolute atomic E-state index is 13.6. The second kappa shape index (κ2) is 18.8. The predicted molar refractivity (Wildman–Crippen MR) is 216 cm³/mol. The number of β-lactam (4-membered cyclic amide) rings is 1. The van der Waals surface area contributed by atoms with Gasteiger partial charge in [-0.05, 0) is 79.5 Å². The van der Waals surface area contributed by atoms with Gasteiger partial charge in [0.05, 0.1) is 23.8 Å². The van der Waals surface area contributed by atoms with Gasteiger partial charge in [-0.3, -0.25) is 24.0 Å². The maximum atomic E-state index is 13.6. The van der Waals surface area contributed by atoms with Gasteiger partial charge in [-0.2, -0.15) is 18.2 Å². The first-order valence-electron chi connectivity index (χ1n) is 18.4. The van der Waals surface area contributed by atoms with Gasteiger partial charge in [0.15, 0.2) is 17.9 Å². The summed E-state index contributed by atoms with van der Waals surface area (Å²) in [5, 5.41) is 12.6. The molecule has 6 N–H and O–H groups in total. The van der Waals surface area contributed by atoms with Gasteiger partial charge in [-0.25, -0.2) is 14.6 Å². The van der Waals surface area contributed by atoms with E-state index >= 15 is 0 Å². The van der Waals surface area contributed by atoms with E-state index in [0.717, 1.165) is 22.5 Å². The Morgan fingerprint density at radius 3 is 2.25 bits per heavy atom. The molecule has 3 heterocycles. The van der Waals surface area contributed by atoms with Crippen LogP contribution in [0.4, 0.5) is 14.7 Å². The van der Waals surface area contributed by atoms with Crippen LogP contribution in [0.2, 0.25) is 0 Å². The van der Waals surface area contributed by atoms with Gasteiger partial charge in [-0.1, -0.05) is 17.3 Å². The van der Waals surface area contributed by atoms with Crippen molar-refractivity contribution in [3.63, 3.8) is 0 Å². The van der Waals surface area contributed by atoms with Crippen LogP contribution in [0.1, 0.15) is 67.5 Å². The minimum Gasteiger partial charge on any atom is -0.489 e. The van der Waals surface area contributed by atoms with E-state index in [-0.39, 0.29) is 16.6 Å². The lowest BCUT2D eigenvalue weighted by atomic mass is 9.84. The molecule has 1 aromatic carbocycles. The molecule has 26 heteroatoms. The Hall–Kier alpha value is -5.17. The van der Waals surface area contributed by atoms with Crippen LogP contribution in [-0.4, -0.2) is 109 Å². The van der Waals surface area contributed by atoms with Crippen molar-refractivity contribution in [3.8, 4) is 16.9 Å². The summed E-state index contributed by atoms with van der Waals surface area (Å²) < 4.78 is 68.4. The van der Waals surface area contributed by atoms with E-state index < -0.39 is 82.9 Å². The van der Waals surface area contributed by atoms with Crippen molar-refractivity contribution in [3.05, 3.63) is 47.7 Å². The van der Waals surface area contributed by atoms with E-state index in [9.17, 15) is 41.9 Å². The Balaban J connectivity index is 1.48. The molecule has 23 nitrogen and oxygen atoms in total. The fraction of sp³-hybridized carbons (Fsp3) is 0.514. The third-order valence-corrected chi connectivity index (χ3v) is 10.3. The molecule has 0 aliphatic carbocycles. The highest BCUT2D eigenvalue weighted by molar-refractivity contribution is 7.80. The molecule has 1 aliphatic heterocycles. The lowest BCUT2D eigenvalue weighted by molar-refractivity contribution is -0.753. The van der Waals surface area contributed by atoms with E-state index in [1.165, 1.54) is 19.2 Å². The second-order valence-corrected chi connectivity index (χ2v) is 19.6. The number of alkyl carbamates (subject to hydrolysis) is 1. The number of benzene rings is 1. The number of carbonyl (C=O) groups excluding carboxylic acids is 4. The van der Waals surface area contributed by atoms with Crippen molar-refractivity contribution in [1.29, 1.82) is 0 Å². The monoisotopic (exact) mass is 917 g/mol. The predicted octanol–water partition coefficient (Wildman–Crippen LogP) is 2.84. The van der Waals surface area contributed by atoms with Gasteiger partial charge in [0.25, 0.3) is 17.7 Å². The summed E-state index contributed by atoms with van der Waals surface area (Å²) in [6, 6.07) is 5.13. The zero-order valence-electron chi connectivity index (χ0n) is 34.8. The number of aryl methyl sites for hydroxylation is 2. The van der Waals surface area contributed by atoms with Gasteiger partial charge >= 0.3 is 30.2 Å². The topological polar surface area (TPSA) is 300 Å². The van der Waals surface area contributed by atoms with Crippen molar-refractivity contribution in [2.24, 2.45) is 12.2 Å². The summed E-state index contributed by atoms with van der Waals surface area (Å²) >= 11 is 0.823. The standard InChI is InChI=1S/C35H49N8O15PS2/c1-33(2,3)55-31(46)36-15-10-16-42-18-22(17-41(42)9)21-11-13-23(14-12-21)54-19-25(59(48,49)50)57-40-26(24-20-60-30(37-24)39-32(47)56-34(4,5)6)28(44)38-27-29(45)43(35(27,7)8)58-61(51,52)53/h11-14,17-18,20,25,27H,10,15-16,19H2,1-9H3,(H5-,36,37,38,39,44,46,47,48,49,50,51,52,53)/p+1/b40-26-/t25?,27-/m1/s1. The number of hydrogen-bond acceptors (Lipinski definition) is 15. The number of nitrogens with one attached hydrogen (secondary N) is 3. The Kier molecular flexibility index (Phi) is 15.0. The van der Waals surface area contributed by atoms with Crippen LogP contribution < -0.4 is 25.4 Å². The maximum Gasteiger partial charge on any atom is 0.418 e. The van der Waals surface area contributed by atoms with Crippen LogP contribution in [-0.2, 0) is 56.7 Å². The van der Waals surface area contributed by atoms with E-state index in [0.29, 0.717) is 24.6 Å². The molecular formula is C35H50N8O15PS2+. The molecule has 4 rings (SSSR count). The Bertz CT molecular complexity index is 2280. The van der Waals surface area contributed by atoms with E-state index in [1.807, 2.05) is 28.8 Å². The lowest BCUT2D eigenvalue weighted by Gasteiger charge is -2.50. The van der Waals surface area contributed by atoms with Crippen LogP contribution in [0.5, 0.6) is 5.75 Å². The molecule has 1 saturated heterocycles. The molecule has 0 spiro atoms. The van der Waals surface area contributed by atoms with Gasteiger partial charge in [0.1, 0.15) is 35.3 Å². The molecule has 4 amide bonds. The normalized spacial score (nSPS) is 16.3. The molecule has 1 fully saturated rings. The summed E-state index contributed by atoms with van der Waals surface area (Å²) in [7, 11) is -8.41. The SMILES string of the molecule is C[n+]1cc(-c2ccc(OCC(O/N=C(\C(=O)N[C@@H]3C(=O)N(OS(=O)(=O)O)C3(C)C)c3csc(NC(=O)OC(C)(C)C)n3)P(=O)(O)O)cc2)cn1CCCNC(=O)OC(C)(C)C. The number of ether oxygens (including phenoxy) is 3. The third-order valence-electron chi connectivity index (χ3n) is 8.16. The van der Waals surface area contributed by atoms with Crippen molar-refractivity contribution >= 4 is 64.2 Å². The van der Waals surface area contributed by atoms with Crippen molar-refractivity contribution in [2.45, 2.75) is 97.0 Å². The molecule has 0 radical (unpaired) electrons. The smallest absolute Gasteiger partial charge is 0.418 e. The highest BCUT2D eigenvalue weighted by Crippen LogP contribution is 2.42. The van der Waals surface area contributed by atoms with Gasteiger partial charge in [0, 0.05) is 11.9 Å². The number of amides is 4. The van der Waals surface area contributed by atoms with Crippen molar-refractivity contribution in [2.75, 3.05) is 18.5 Å². The van der Waals surface area contributed by atoms with Crippen LogP contribution >= 0.6 is 18.9 Å². The number of aromatic nitrogens is 3. The highest BCUT2D eigenvalue weighted by atomic mass is 32.3. The number of oxime groups is 1. The van der Waals surface area contributed by atoms with Crippen LogP contribution in [0, 0.1) is 0 Å². The van der Waals surface area contributed by atoms with Crippen LogP contribution in [0.15, 0.2) is 47.2 Å². The lowest BCUT2D eigenvalue weighted by Crippen LogP contribution is -2.76. The largest absolute Gasteiger partial charge is 0.489 e. The quantitative estimate of drug-likeness (QED) is 0.0216. The Morgan fingerprint density at radius 1 is 1.05 bits per heavy atom. The second-order valence-electron chi connectivity index (χ2n) is 16.0. The van der Waals surface area contributed by atoms with E-state index in [1.54, 1.807) is 65.8 Å². The van der Waals surface area contributed by atoms with E-state index in [4.69, 9.17) is 23.6 Å². The molecule has 0 bridgehead atoms. The zero-order chi connectivity index (χ0) is 45.7. The number of thiazole rings is 1. The molecule has 1 unspecified atom stereocenters. The third kappa shape index (κ3) is 14.2. The summed E-state index contributed by atoms with van der Waals surface area (Å²) in [6.07, 6.45) is 3.07. The summed E-state index contributed by atoms with van der Waals surface area (Å²) in [5.74, 6) is -4.13. The average Bonchev–Trinajstić information content (AvgIpc) is 3.72. The summed E-state index contributed by atoms with van der Waals surface area (Å²) in [5.41, 5.74) is -2.35. The first-order valence-corrected chi connectivity index (χ1v) is 22.3. The highest BCUT2D eigenvalue weighted by Gasteiger charge is 2.58. The fourth-order valence-electron chi connectivity index (χ4n) is 5.35. The first kappa shape index (κ1) is 48.5.